The number of methoxy groups -OCH3 is 3. The summed E-state index contributed by atoms with van der Waals surface area (Å²) in [6.07, 6.45) is 0.585. The lowest BCUT2D eigenvalue weighted by molar-refractivity contribution is 0.0953. The van der Waals surface area contributed by atoms with Crippen molar-refractivity contribution in [3.05, 3.63) is 23.5 Å². The molecule has 0 unspecified atom stereocenters. The van der Waals surface area contributed by atoms with Crippen LogP contribution in [0.5, 0.6) is 17.2 Å². The molecule has 0 aliphatic rings. The van der Waals surface area contributed by atoms with E-state index in [-0.39, 0.29) is 5.91 Å². The van der Waals surface area contributed by atoms with E-state index >= 15 is 0 Å². The zero-order valence-corrected chi connectivity index (χ0v) is 18.1. The number of hydrogen-bond acceptors (Lipinski definition) is 7. The first-order valence-electron chi connectivity index (χ1n) is 9.00. The molecular formula is C19H28N4O4S. The number of nitrogens with one attached hydrogen (secondary N) is 1. The molecule has 0 aliphatic heterocycles. The third kappa shape index (κ3) is 5.31. The van der Waals surface area contributed by atoms with Gasteiger partial charge in [-0.05, 0) is 18.1 Å². The van der Waals surface area contributed by atoms with Crippen molar-refractivity contribution in [1.29, 1.82) is 0 Å². The van der Waals surface area contributed by atoms with Crippen molar-refractivity contribution in [3.63, 3.8) is 0 Å². The van der Waals surface area contributed by atoms with Crippen molar-refractivity contribution in [2.24, 2.45) is 13.0 Å². The Morgan fingerprint density at radius 1 is 1.14 bits per heavy atom. The normalized spacial score (nSPS) is 10.8. The molecule has 28 heavy (non-hydrogen) atoms. The van der Waals surface area contributed by atoms with Crippen LogP contribution in [-0.2, 0) is 13.5 Å². The van der Waals surface area contributed by atoms with Crippen LogP contribution in [0.25, 0.3) is 0 Å². The molecule has 8 nitrogen and oxygen atoms in total. The van der Waals surface area contributed by atoms with Crippen molar-refractivity contribution in [2.75, 3.05) is 33.6 Å². The van der Waals surface area contributed by atoms with Crippen molar-refractivity contribution in [2.45, 2.75) is 25.4 Å². The van der Waals surface area contributed by atoms with Gasteiger partial charge < -0.3 is 24.1 Å². The highest BCUT2D eigenvalue weighted by Gasteiger charge is 2.17. The maximum atomic E-state index is 12.5. The average Bonchev–Trinajstić information content (AvgIpc) is 3.04. The first-order valence-corrected chi connectivity index (χ1v) is 9.99. The Morgan fingerprint density at radius 2 is 1.79 bits per heavy atom. The van der Waals surface area contributed by atoms with Gasteiger partial charge >= 0.3 is 0 Å². The van der Waals surface area contributed by atoms with Gasteiger partial charge in [0.1, 0.15) is 5.82 Å². The molecule has 0 radical (unpaired) electrons. The number of thioether (sulfide) groups is 1. The van der Waals surface area contributed by atoms with Gasteiger partial charge in [0, 0.05) is 31.3 Å². The van der Waals surface area contributed by atoms with Crippen LogP contribution in [0.2, 0.25) is 0 Å². The number of benzene rings is 1. The van der Waals surface area contributed by atoms with Gasteiger partial charge in [-0.3, -0.25) is 4.79 Å². The van der Waals surface area contributed by atoms with E-state index in [9.17, 15) is 4.79 Å². The Bertz CT molecular complexity index is 782. The standard InChI is InChI=1S/C19H28N4O4S/c1-12(2)11-28-19-22-21-16(23(19)3)7-8-20-18(24)13-9-14(25-4)17(27-6)15(10-13)26-5/h9-10,12H,7-8,11H2,1-6H3,(H,20,24). The maximum Gasteiger partial charge on any atom is 0.251 e. The molecule has 9 heteroatoms. The number of carbonyl (C=O) groups excluding carboxylic acids is 1. The monoisotopic (exact) mass is 408 g/mol. The third-order valence-corrected chi connectivity index (χ3v) is 5.48. The molecule has 2 rings (SSSR count). The lowest BCUT2D eigenvalue weighted by Crippen LogP contribution is -2.26. The van der Waals surface area contributed by atoms with Gasteiger partial charge in [0.2, 0.25) is 5.75 Å². The van der Waals surface area contributed by atoms with Crippen molar-refractivity contribution >= 4 is 17.7 Å². The predicted octanol–water partition coefficient (Wildman–Crippen LogP) is 2.56. The molecule has 1 amide bonds. The molecule has 1 aromatic carbocycles. The van der Waals surface area contributed by atoms with Crippen LogP contribution in [0.1, 0.15) is 30.0 Å². The van der Waals surface area contributed by atoms with Gasteiger partial charge in [0.25, 0.3) is 5.91 Å². The van der Waals surface area contributed by atoms with E-state index in [1.54, 1.807) is 23.9 Å². The minimum Gasteiger partial charge on any atom is -0.493 e. The molecule has 2 aromatic rings. The number of hydrogen-bond donors (Lipinski definition) is 1. The Balaban J connectivity index is 1.99. The summed E-state index contributed by atoms with van der Waals surface area (Å²) >= 11 is 1.69. The van der Waals surface area contributed by atoms with Crippen LogP contribution in [0.15, 0.2) is 17.3 Å². The highest BCUT2D eigenvalue weighted by molar-refractivity contribution is 7.99. The second-order valence-corrected chi connectivity index (χ2v) is 7.57. The molecule has 0 saturated carbocycles. The SMILES string of the molecule is COc1cc(C(=O)NCCc2nnc(SCC(C)C)n2C)cc(OC)c1OC. The number of nitrogens with zero attached hydrogens (tertiary/aromatic N) is 3. The van der Waals surface area contributed by atoms with E-state index in [1.807, 2.05) is 11.6 Å². The second kappa shape index (κ2) is 10.2. The quantitative estimate of drug-likeness (QED) is 0.605. The van der Waals surface area contributed by atoms with E-state index in [2.05, 4.69) is 29.4 Å². The number of rotatable bonds is 10. The number of aromatic nitrogens is 3. The van der Waals surface area contributed by atoms with E-state index in [4.69, 9.17) is 14.2 Å². The summed E-state index contributed by atoms with van der Waals surface area (Å²) in [5.41, 5.74) is 0.431. The molecule has 0 atom stereocenters. The van der Waals surface area contributed by atoms with Crippen LogP contribution in [-0.4, -0.2) is 54.3 Å². The van der Waals surface area contributed by atoms with Crippen LogP contribution in [0.3, 0.4) is 0 Å². The zero-order chi connectivity index (χ0) is 20.7. The minimum absolute atomic E-state index is 0.226. The van der Waals surface area contributed by atoms with E-state index in [1.165, 1.54) is 21.3 Å². The van der Waals surface area contributed by atoms with Crippen LogP contribution >= 0.6 is 11.8 Å². The Hall–Kier alpha value is -2.42. The van der Waals surface area contributed by atoms with Gasteiger partial charge in [-0.2, -0.15) is 0 Å². The molecule has 1 N–H and O–H groups in total. The maximum absolute atomic E-state index is 12.5. The molecule has 0 aliphatic carbocycles. The minimum atomic E-state index is -0.226. The van der Waals surface area contributed by atoms with Crippen molar-refractivity contribution < 1.29 is 19.0 Å². The van der Waals surface area contributed by atoms with Gasteiger partial charge in [-0.25, -0.2) is 0 Å². The first-order chi connectivity index (χ1) is 13.4. The lowest BCUT2D eigenvalue weighted by atomic mass is 10.1. The Morgan fingerprint density at radius 3 is 2.32 bits per heavy atom. The van der Waals surface area contributed by atoms with Gasteiger partial charge in [-0.1, -0.05) is 25.6 Å². The fraction of sp³-hybridized carbons (Fsp3) is 0.526. The predicted molar refractivity (Wildman–Crippen MR) is 109 cm³/mol. The number of ether oxygens (including phenoxy) is 3. The molecule has 0 spiro atoms. The molecule has 0 saturated heterocycles. The molecule has 154 valence electrons. The summed E-state index contributed by atoms with van der Waals surface area (Å²) in [4.78, 5) is 12.5. The fourth-order valence-electron chi connectivity index (χ4n) is 2.53. The highest BCUT2D eigenvalue weighted by atomic mass is 32.2. The third-order valence-electron chi connectivity index (χ3n) is 4.03. The summed E-state index contributed by atoms with van der Waals surface area (Å²) in [6, 6.07) is 3.25. The smallest absolute Gasteiger partial charge is 0.251 e. The molecule has 0 fully saturated rings. The summed E-state index contributed by atoms with van der Waals surface area (Å²) in [6.45, 7) is 4.78. The molecule has 0 bridgehead atoms. The van der Waals surface area contributed by atoms with Gasteiger partial charge in [0.05, 0.1) is 21.3 Å². The van der Waals surface area contributed by atoms with E-state index < -0.39 is 0 Å². The Kier molecular flexibility index (Phi) is 7.98. The zero-order valence-electron chi connectivity index (χ0n) is 17.2. The number of amides is 1. The molecular weight excluding hydrogens is 380 g/mol. The van der Waals surface area contributed by atoms with Crippen molar-refractivity contribution in [3.8, 4) is 17.2 Å². The van der Waals surface area contributed by atoms with Gasteiger partial charge in [0.15, 0.2) is 16.7 Å². The first kappa shape index (κ1) is 21.9. The lowest BCUT2D eigenvalue weighted by Gasteiger charge is -2.14. The van der Waals surface area contributed by atoms with Crippen LogP contribution < -0.4 is 19.5 Å². The topological polar surface area (TPSA) is 87.5 Å². The number of carbonyl (C=O) groups is 1. The summed E-state index contributed by atoms with van der Waals surface area (Å²) in [5, 5.41) is 12.2. The summed E-state index contributed by atoms with van der Waals surface area (Å²) < 4.78 is 17.8. The average molecular weight is 409 g/mol. The Labute approximate surface area is 170 Å². The van der Waals surface area contributed by atoms with Crippen molar-refractivity contribution in [1.82, 2.24) is 20.1 Å². The highest BCUT2D eigenvalue weighted by Crippen LogP contribution is 2.38. The summed E-state index contributed by atoms with van der Waals surface area (Å²) in [7, 11) is 6.50. The van der Waals surface area contributed by atoms with Gasteiger partial charge in [-0.15, -0.1) is 10.2 Å². The largest absolute Gasteiger partial charge is 0.493 e. The molecule has 1 heterocycles. The fourth-order valence-corrected chi connectivity index (χ4v) is 3.41. The summed E-state index contributed by atoms with van der Waals surface area (Å²) in [5.74, 6) is 3.51. The molecule has 1 aromatic heterocycles. The van der Waals surface area contributed by atoms with Crippen LogP contribution in [0.4, 0.5) is 0 Å². The van der Waals surface area contributed by atoms with Crippen LogP contribution in [0, 0.1) is 5.92 Å². The van der Waals surface area contributed by atoms with E-state index in [0.29, 0.717) is 41.7 Å². The van der Waals surface area contributed by atoms with E-state index in [0.717, 1.165) is 16.7 Å². The second-order valence-electron chi connectivity index (χ2n) is 6.58.